The van der Waals surface area contributed by atoms with Crippen LogP contribution >= 0.6 is 0 Å². The van der Waals surface area contributed by atoms with E-state index in [4.69, 9.17) is 0 Å². The second kappa shape index (κ2) is 4.28. The summed E-state index contributed by atoms with van der Waals surface area (Å²) in [6.07, 6.45) is 0. The number of hydrogen-bond donors (Lipinski definition) is 2. The molecule has 3 rings (SSSR count). The van der Waals surface area contributed by atoms with Crippen molar-refractivity contribution in [3.8, 4) is 5.75 Å². The number of fused-ring (bicyclic) bond motifs is 1. The highest BCUT2D eigenvalue weighted by atomic mass is 19.1. The maximum atomic E-state index is 13.3. The van der Waals surface area contributed by atoms with Crippen LogP contribution in [0.5, 0.6) is 5.75 Å². The molecule has 0 aliphatic rings. The van der Waals surface area contributed by atoms with Crippen LogP contribution < -0.4 is 5.69 Å². The third kappa shape index (κ3) is 2.10. The number of hydrogen-bond acceptors (Lipinski definition) is 2. The molecule has 19 heavy (non-hydrogen) atoms. The first-order valence-corrected chi connectivity index (χ1v) is 5.79. The van der Waals surface area contributed by atoms with E-state index in [1.165, 1.54) is 16.7 Å². The molecule has 0 amide bonds. The minimum atomic E-state index is -0.383. The van der Waals surface area contributed by atoms with E-state index in [1.54, 1.807) is 30.3 Å². The summed E-state index contributed by atoms with van der Waals surface area (Å²) in [7, 11) is 0. The summed E-state index contributed by atoms with van der Waals surface area (Å²) in [6.45, 7) is 0.322. The number of benzene rings is 2. The van der Waals surface area contributed by atoms with E-state index in [9.17, 15) is 14.3 Å². The number of aromatic nitrogens is 2. The Morgan fingerprint density at radius 3 is 2.63 bits per heavy atom. The lowest BCUT2D eigenvalue weighted by Gasteiger charge is -2.04. The van der Waals surface area contributed by atoms with Gasteiger partial charge in [-0.25, -0.2) is 9.18 Å². The molecule has 96 valence electrons. The normalized spacial score (nSPS) is 11.0. The summed E-state index contributed by atoms with van der Waals surface area (Å²) in [5.74, 6) is -0.216. The van der Waals surface area contributed by atoms with Crippen molar-refractivity contribution in [1.29, 1.82) is 0 Å². The summed E-state index contributed by atoms with van der Waals surface area (Å²) in [5, 5.41) is 9.22. The molecule has 5 heteroatoms. The number of nitrogens with one attached hydrogen (secondary N) is 1. The first kappa shape index (κ1) is 11.5. The molecule has 0 aliphatic carbocycles. The molecule has 0 radical (unpaired) electrons. The summed E-state index contributed by atoms with van der Waals surface area (Å²) < 4.78 is 14.7. The van der Waals surface area contributed by atoms with Crippen molar-refractivity contribution in [2.75, 3.05) is 0 Å². The third-order valence-corrected chi connectivity index (χ3v) is 3.01. The van der Waals surface area contributed by atoms with Crippen LogP contribution in [0, 0.1) is 5.82 Å². The van der Waals surface area contributed by atoms with Gasteiger partial charge in [-0.1, -0.05) is 12.1 Å². The number of aromatic hydroxyl groups is 1. The van der Waals surface area contributed by atoms with Gasteiger partial charge in [-0.3, -0.25) is 4.57 Å². The van der Waals surface area contributed by atoms with Crippen LogP contribution in [0.3, 0.4) is 0 Å². The number of nitrogens with zero attached hydrogens (tertiary/aromatic N) is 1. The zero-order valence-electron chi connectivity index (χ0n) is 9.93. The van der Waals surface area contributed by atoms with Gasteiger partial charge < -0.3 is 10.1 Å². The van der Waals surface area contributed by atoms with Gasteiger partial charge in [0.05, 0.1) is 17.6 Å². The fraction of sp³-hybridized carbons (Fsp3) is 0.0714. The van der Waals surface area contributed by atoms with E-state index in [0.29, 0.717) is 17.6 Å². The van der Waals surface area contributed by atoms with Crippen LogP contribution in [0.1, 0.15) is 5.56 Å². The van der Waals surface area contributed by atoms with Gasteiger partial charge in [-0.2, -0.15) is 0 Å². The Morgan fingerprint density at radius 1 is 1.16 bits per heavy atom. The van der Waals surface area contributed by atoms with Gasteiger partial charge in [-0.05, 0) is 35.9 Å². The SMILES string of the molecule is O=c1[nH]c2ccc(F)cc2n1Cc1ccc(O)cc1. The average Bonchev–Trinajstić information content (AvgIpc) is 2.69. The molecule has 0 saturated heterocycles. The number of rotatable bonds is 2. The Labute approximate surface area is 107 Å². The lowest BCUT2D eigenvalue weighted by molar-refractivity contribution is 0.475. The quantitative estimate of drug-likeness (QED) is 0.740. The van der Waals surface area contributed by atoms with Crippen LogP contribution in [0.4, 0.5) is 4.39 Å². The average molecular weight is 258 g/mol. The molecule has 0 saturated carbocycles. The van der Waals surface area contributed by atoms with Crippen molar-refractivity contribution in [2.24, 2.45) is 0 Å². The molecule has 4 nitrogen and oxygen atoms in total. The number of imidazole rings is 1. The molecule has 0 atom stereocenters. The number of H-pyrrole nitrogens is 1. The lowest BCUT2D eigenvalue weighted by atomic mass is 10.2. The van der Waals surface area contributed by atoms with Crippen LogP contribution in [-0.2, 0) is 6.54 Å². The number of halogens is 1. The van der Waals surface area contributed by atoms with Crippen molar-refractivity contribution in [2.45, 2.75) is 6.54 Å². The Morgan fingerprint density at radius 2 is 1.89 bits per heavy atom. The molecule has 2 N–H and O–H groups in total. The summed E-state index contributed by atoms with van der Waals surface area (Å²) in [6, 6.07) is 10.7. The van der Waals surface area contributed by atoms with Gasteiger partial charge in [0.2, 0.25) is 0 Å². The van der Waals surface area contributed by atoms with E-state index in [0.717, 1.165) is 5.56 Å². The maximum absolute atomic E-state index is 13.3. The second-order valence-electron chi connectivity index (χ2n) is 4.34. The van der Waals surface area contributed by atoms with Crippen LogP contribution in [0.15, 0.2) is 47.3 Å². The number of aromatic amines is 1. The molecule has 0 aliphatic heterocycles. The van der Waals surface area contributed by atoms with Gasteiger partial charge in [0, 0.05) is 0 Å². The number of phenols is 1. The molecule has 1 aromatic heterocycles. The second-order valence-corrected chi connectivity index (χ2v) is 4.34. The van der Waals surface area contributed by atoms with Crippen molar-refractivity contribution >= 4 is 11.0 Å². The Balaban J connectivity index is 2.09. The highest BCUT2D eigenvalue weighted by Crippen LogP contribution is 2.15. The Kier molecular flexibility index (Phi) is 2.59. The topological polar surface area (TPSA) is 58.0 Å². The molecule has 0 spiro atoms. The minimum absolute atomic E-state index is 0.168. The Hall–Kier alpha value is -2.56. The zero-order chi connectivity index (χ0) is 13.4. The van der Waals surface area contributed by atoms with Crippen molar-refractivity contribution in [3.63, 3.8) is 0 Å². The van der Waals surface area contributed by atoms with E-state index in [-0.39, 0.29) is 17.3 Å². The largest absolute Gasteiger partial charge is 0.508 e. The fourth-order valence-corrected chi connectivity index (χ4v) is 2.07. The monoisotopic (exact) mass is 258 g/mol. The lowest BCUT2D eigenvalue weighted by Crippen LogP contribution is -2.17. The van der Waals surface area contributed by atoms with E-state index >= 15 is 0 Å². The van der Waals surface area contributed by atoms with Gasteiger partial charge in [0.15, 0.2) is 0 Å². The van der Waals surface area contributed by atoms with Gasteiger partial charge in [-0.15, -0.1) is 0 Å². The zero-order valence-corrected chi connectivity index (χ0v) is 9.93. The molecule has 1 heterocycles. The molecule has 0 bridgehead atoms. The van der Waals surface area contributed by atoms with Gasteiger partial charge in [0.25, 0.3) is 0 Å². The predicted octanol–water partition coefficient (Wildman–Crippen LogP) is 2.22. The standard InChI is InChI=1S/C14H11FN2O2/c15-10-3-6-12-13(7-10)17(14(19)16-12)8-9-1-4-11(18)5-2-9/h1-7,18H,8H2,(H,16,19). The van der Waals surface area contributed by atoms with E-state index < -0.39 is 0 Å². The van der Waals surface area contributed by atoms with E-state index in [1.807, 2.05) is 0 Å². The van der Waals surface area contributed by atoms with Crippen molar-refractivity contribution in [1.82, 2.24) is 9.55 Å². The molecule has 2 aromatic carbocycles. The maximum Gasteiger partial charge on any atom is 0.326 e. The highest BCUT2D eigenvalue weighted by Gasteiger charge is 2.08. The first-order valence-electron chi connectivity index (χ1n) is 5.79. The molecule has 0 fully saturated rings. The smallest absolute Gasteiger partial charge is 0.326 e. The molecule has 3 aromatic rings. The summed E-state index contributed by atoms with van der Waals surface area (Å²) in [4.78, 5) is 14.5. The Bertz CT molecular complexity index is 787. The van der Waals surface area contributed by atoms with Crippen LogP contribution in [0.25, 0.3) is 11.0 Å². The molecular weight excluding hydrogens is 247 g/mol. The fourth-order valence-electron chi connectivity index (χ4n) is 2.07. The van der Waals surface area contributed by atoms with Crippen LogP contribution in [-0.4, -0.2) is 14.7 Å². The van der Waals surface area contributed by atoms with Gasteiger partial charge in [0.1, 0.15) is 11.6 Å². The van der Waals surface area contributed by atoms with Gasteiger partial charge >= 0.3 is 5.69 Å². The molecule has 0 unspecified atom stereocenters. The minimum Gasteiger partial charge on any atom is -0.508 e. The number of phenolic OH excluding ortho intramolecular Hbond substituents is 1. The van der Waals surface area contributed by atoms with E-state index in [2.05, 4.69) is 4.98 Å². The first-order chi connectivity index (χ1) is 9.13. The summed E-state index contributed by atoms with van der Waals surface area (Å²) in [5.41, 5.74) is 1.70. The molecular formula is C14H11FN2O2. The van der Waals surface area contributed by atoms with Crippen molar-refractivity contribution in [3.05, 3.63) is 64.3 Å². The van der Waals surface area contributed by atoms with Crippen LogP contribution in [0.2, 0.25) is 0 Å². The predicted molar refractivity (Wildman–Crippen MR) is 69.7 cm³/mol. The summed E-state index contributed by atoms with van der Waals surface area (Å²) >= 11 is 0. The van der Waals surface area contributed by atoms with Crippen molar-refractivity contribution < 1.29 is 9.50 Å². The highest BCUT2D eigenvalue weighted by molar-refractivity contribution is 5.75. The third-order valence-electron chi connectivity index (χ3n) is 3.01.